The molecular weight excluding hydrogens is 293 g/mol. The lowest BCUT2D eigenvalue weighted by Gasteiger charge is -2.10. The average molecular weight is 307 g/mol. The third-order valence-electron chi connectivity index (χ3n) is 2.98. The molecule has 0 atom stereocenters. The summed E-state index contributed by atoms with van der Waals surface area (Å²) in [6.45, 7) is -0.167. The second-order valence-corrected chi connectivity index (χ2v) is 4.69. The first-order valence-electron chi connectivity index (χ1n) is 6.11. The molecule has 0 bridgehead atoms. The summed E-state index contributed by atoms with van der Waals surface area (Å²) < 4.78 is 44.0. The number of hydrogen-bond acceptors (Lipinski definition) is 2. The molecule has 1 aromatic carbocycles. The topological polar surface area (TPSA) is 27.1 Å². The average Bonchev–Trinajstić information content (AvgIpc) is 2.73. The van der Waals surface area contributed by atoms with Crippen LogP contribution in [-0.2, 0) is 13.0 Å². The summed E-state index contributed by atoms with van der Waals surface area (Å²) in [5.74, 6) is 1.39. The number of aryl methyl sites for hydroxylation is 2. The van der Waals surface area contributed by atoms with Crippen molar-refractivity contribution in [3.05, 3.63) is 24.0 Å². The quantitative estimate of drug-likeness (QED) is 0.786. The molecule has 0 aliphatic rings. The van der Waals surface area contributed by atoms with Gasteiger partial charge in [-0.1, -0.05) is 6.07 Å². The Hall–Kier alpha value is -1.43. The van der Waals surface area contributed by atoms with Crippen LogP contribution >= 0.6 is 11.6 Å². The van der Waals surface area contributed by atoms with E-state index in [4.69, 9.17) is 16.3 Å². The van der Waals surface area contributed by atoms with Gasteiger partial charge in [-0.15, -0.1) is 11.6 Å². The van der Waals surface area contributed by atoms with Crippen LogP contribution in [0.5, 0.6) is 5.75 Å². The molecule has 2 aromatic rings. The van der Waals surface area contributed by atoms with E-state index in [0.717, 1.165) is 0 Å². The van der Waals surface area contributed by atoms with E-state index in [1.54, 1.807) is 22.8 Å². The largest absolute Gasteiger partial charge is 0.494 e. The lowest BCUT2D eigenvalue weighted by atomic mass is 10.3. The minimum absolute atomic E-state index is 0.167. The predicted octanol–water partition coefficient (Wildman–Crippen LogP) is 3.78. The summed E-state index contributed by atoms with van der Waals surface area (Å²) >= 11 is 5.69. The number of aromatic nitrogens is 2. The lowest BCUT2D eigenvalue weighted by Crippen LogP contribution is -2.14. The van der Waals surface area contributed by atoms with Crippen LogP contribution < -0.4 is 4.74 Å². The molecule has 3 nitrogen and oxygen atoms in total. The SMILES string of the molecule is COc1cccc2c1nc(CCCl)n2CCC(F)(F)F. The Labute approximate surface area is 119 Å². The first-order valence-corrected chi connectivity index (χ1v) is 6.64. The van der Waals surface area contributed by atoms with E-state index in [1.165, 1.54) is 7.11 Å². The van der Waals surface area contributed by atoms with Crippen LogP contribution in [-0.4, -0.2) is 28.7 Å². The molecule has 0 radical (unpaired) electrons. The second kappa shape index (κ2) is 5.91. The van der Waals surface area contributed by atoms with Gasteiger partial charge in [-0.05, 0) is 12.1 Å². The Kier molecular flexibility index (Phi) is 4.42. The Morgan fingerprint density at radius 3 is 2.70 bits per heavy atom. The van der Waals surface area contributed by atoms with E-state index in [9.17, 15) is 13.2 Å². The number of imidazole rings is 1. The normalized spacial score (nSPS) is 12.1. The molecule has 2 rings (SSSR count). The number of ether oxygens (including phenoxy) is 1. The van der Waals surface area contributed by atoms with Gasteiger partial charge in [-0.2, -0.15) is 13.2 Å². The van der Waals surface area contributed by atoms with E-state index >= 15 is 0 Å². The number of halogens is 4. The second-order valence-electron chi connectivity index (χ2n) is 4.31. The van der Waals surface area contributed by atoms with Gasteiger partial charge < -0.3 is 9.30 Å². The van der Waals surface area contributed by atoms with E-state index < -0.39 is 12.6 Å². The highest BCUT2D eigenvalue weighted by Gasteiger charge is 2.27. The van der Waals surface area contributed by atoms with Crippen LogP contribution in [0.25, 0.3) is 11.0 Å². The summed E-state index contributed by atoms with van der Waals surface area (Å²) in [6.07, 6.45) is -4.68. The molecule has 0 fully saturated rings. The van der Waals surface area contributed by atoms with Crippen molar-refractivity contribution < 1.29 is 17.9 Å². The van der Waals surface area contributed by atoms with E-state index in [1.807, 2.05) is 0 Å². The van der Waals surface area contributed by atoms with Gasteiger partial charge in [-0.3, -0.25) is 0 Å². The zero-order chi connectivity index (χ0) is 14.8. The molecule has 0 aliphatic carbocycles. The molecule has 1 heterocycles. The molecule has 7 heteroatoms. The molecule has 1 aromatic heterocycles. The molecule has 0 saturated carbocycles. The molecule has 0 spiro atoms. The molecular formula is C13H14ClF3N2O. The van der Waals surface area contributed by atoms with Crippen LogP contribution in [0.4, 0.5) is 13.2 Å². The van der Waals surface area contributed by atoms with Gasteiger partial charge in [0, 0.05) is 18.8 Å². The molecule has 0 saturated heterocycles. The van der Waals surface area contributed by atoms with Crippen LogP contribution in [0.3, 0.4) is 0 Å². The molecule has 0 unspecified atom stereocenters. The zero-order valence-electron chi connectivity index (χ0n) is 10.9. The van der Waals surface area contributed by atoms with Crippen LogP contribution in [0, 0.1) is 0 Å². The summed E-state index contributed by atoms with van der Waals surface area (Å²) in [7, 11) is 1.50. The minimum Gasteiger partial charge on any atom is -0.494 e. The van der Waals surface area contributed by atoms with Crippen molar-refractivity contribution in [2.75, 3.05) is 13.0 Å². The third-order valence-corrected chi connectivity index (χ3v) is 3.17. The van der Waals surface area contributed by atoms with E-state index in [-0.39, 0.29) is 6.54 Å². The third kappa shape index (κ3) is 3.17. The van der Waals surface area contributed by atoms with Crippen molar-refractivity contribution in [1.82, 2.24) is 9.55 Å². The maximum atomic E-state index is 12.4. The summed E-state index contributed by atoms with van der Waals surface area (Å²) in [5, 5.41) is 0. The number of hydrogen-bond donors (Lipinski definition) is 0. The van der Waals surface area contributed by atoms with Gasteiger partial charge in [-0.25, -0.2) is 4.98 Å². The molecule has 0 amide bonds. The van der Waals surface area contributed by atoms with Crippen molar-refractivity contribution >= 4 is 22.6 Å². The number of para-hydroxylation sites is 1. The number of benzene rings is 1. The molecule has 0 N–H and O–H groups in total. The van der Waals surface area contributed by atoms with Crippen LogP contribution in [0.1, 0.15) is 12.2 Å². The summed E-state index contributed by atoms with van der Waals surface area (Å²) in [5.41, 5.74) is 1.20. The Bertz CT molecular complexity index is 595. The minimum atomic E-state index is -4.20. The zero-order valence-corrected chi connectivity index (χ0v) is 11.6. The van der Waals surface area contributed by atoms with Gasteiger partial charge >= 0.3 is 6.18 Å². The lowest BCUT2D eigenvalue weighted by molar-refractivity contribution is -0.136. The highest BCUT2D eigenvalue weighted by molar-refractivity contribution is 6.17. The number of fused-ring (bicyclic) bond motifs is 1. The smallest absolute Gasteiger partial charge is 0.390 e. The fourth-order valence-corrected chi connectivity index (χ4v) is 2.27. The first-order chi connectivity index (χ1) is 9.46. The summed E-state index contributed by atoms with van der Waals surface area (Å²) in [4.78, 5) is 4.36. The number of alkyl halides is 4. The van der Waals surface area contributed by atoms with Crippen molar-refractivity contribution in [2.24, 2.45) is 0 Å². The number of rotatable bonds is 5. The van der Waals surface area contributed by atoms with Gasteiger partial charge in [0.2, 0.25) is 0 Å². The Morgan fingerprint density at radius 2 is 2.10 bits per heavy atom. The first kappa shape index (κ1) is 15.0. The maximum absolute atomic E-state index is 12.4. The Balaban J connectivity index is 2.46. The maximum Gasteiger partial charge on any atom is 0.390 e. The fraction of sp³-hybridized carbons (Fsp3) is 0.462. The van der Waals surface area contributed by atoms with Crippen LogP contribution in [0.2, 0.25) is 0 Å². The van der Waals surface area contributed by atoms with Crippen molar-refractivity contribution in [3.8, 4) is 5.75 Å². The van der Waals surface area contributed by atoms with Gasteiger partial charge in [0.05, 0.1) is 19.0 Å². The van der Waals surface area contributed by atoms with Crippen LogP contribution in [0.15, 0.2) is 18.2 Å². The molecule has 0 aliphatic heterocycles. The predicted molar refractivity (Wildman–Crippen MR) is 71.4 cm³/mol. The Morgan fingerprint density at radius 1 is 1.35 bits per heavy atom. The van der Waals surface area contributed by atoms with Crippen molar-refractivity contribution in [1.29, 1.82) is 0 Å². The molecule has 110 valence electrons. The van der Waals surface area contributed by atoms with Gasteiger partial charge in [0.1, 0.15) is 17.1 Å². The van der Waals surface area contributed by atoms with Crippen molar-refractivity contribution in [3.63, 3.8) is 0 Å². The number of methoxy groups -OCH3 is 1. The van der Waals surface area contributed by atoms with Gasteiger partial charge in [0.25, 0.3) is 0 Å². The van der Waals surface area contributed by atoms with Gasteiger partial charge in [0.15, 0.2) is 0 Å². The van der Waals surface area contributed by atoms with E-state index in [0.29, 0.717) is 34.9 Å². The summed E-state index contributed by atoms with van der Waals surface area (Å²) in [6, 6.07) is 5.20. The van der Waals surface area contributed by atoms with E-state index in [2.05, 4.69) is 4.98 Å². The fourth-order valence-electron chi connectivity index (χ4n) is 2.10. The monoisotopic (exact) mass is 306 g/mol. The van der Waals surface area contributed by atoms with Crippen molar-refractivity contribution in [2.45, 2.75) is 25.6 Å². The number of nitrogens with zero attached hydrogens (tertiary/aromatic N) is 2. The molecule has 20 heavy (non-hydrogen) atoms. The standard InChI is InChI=1S/C13H14ClF3N2O/c1-20-10-4-2-3-9-12(10)18-11(5-7-14)19(9)8-6-13(15,16)17/h2-4H,5-8H2,1H3. The highest BCUT2D eigenvalue weighted by Crippen LogP contribution is 2.28. The highest BCUT2D eigenvalue weighted by atomic mass is 35.5.